The second-order valence-corrected chi connectivity index (χ2v) is 3.35. The normalized spacial score (nSPS) is 11.4. The van der Waals surface area contributed by atoms with Gasteiger partial charge in [0.2, 0.25) is 0 Å². The summed E-state index contributed by atoms with van der Waals surface area (Å²) in [6.07, 6.45) is 1.52. The van der Waals surface area contributed by atoms with Crippen LogP contribution >= 0.6 is 0 Å². The number of nitrogens with zero attached hydrogens (tertiary/aromatic N) is 2. The molecule has 0 heterocycles. The van der Waals surface area contributed by atoms with Crippen LogP contribution in [0.15, 0.2) is 28.4 Å². The van der Waals surface area contributed by atoms with Gasteiger partial charge in [-0.05, 0) is 37.1 Å². The van der Waals surface area contributed by atoms with Gasteiger partial charge >= 0.3 is 0 Å². The molecule has 0 aliphatic heterocycles. The molecule has 0 bridgehead atoms. The molecule has 0 unspecified atom stereocenters. The summed E-state index contributed by atoms with van der Waals surface area (Å²) in [6.45, 7) is 3.91. The molecule has 1 aromatic rings. The van der Waals surface area contributed by atoms with Gasteiger partial charge in [-0.1, -0.05) is 11.5 Å². The van der Waals surface area contributed by atoms with Gasteiger partial charge in [-0.25, -0.2) is 0 Å². The van der Waals surface area contributed by atoms with Gasteiger partial charge < -0.3 is 10.8 Å². The quantitative estimate of drug-likeness (QED) is 0.422. The number of phenolic OH excluding ortho intramolecular Hbond substituents is 1. The predicted octanol–water partition coefficient (Wildman–Crippen LogP) is 0.330. The first-order chi connectivity index (χ1) is 7.69. The van der Waals surface area contributed by atoms with Crippen molar-refractivity contribution in [3.8, 4) is 5.75 Å². The summed E-state index contributed by atoms with van der Waals surface area (Å²) in [5.41, 5.74) is 7.36. The van der Waals surface area contributed by atoms with Crippen LogP contribution in [0.4, 0.5) is 0 Å². The lowest BCUT2D eigenvalue weighted by Crippen LogP contribution is -2.10. The molecule has 0 aromatic heterocycles. The minimum atomic E-state index is 0.0634. The average molecular weight is 215 g/mol. The van der Waals surface area contributed by atoms with Gasteiger partial charge in [0.05, 0.1) is 5.71 Å². The number of aromatic hydroxyl groups is 1. The molecule has 16 heavy (non-hydrogen) atoms. The van der Waals surface area contributed by atoms with Crippen molar-refractivity contribution in [1.82, 2.24) is 0 Å². The van der Waals surface area contributed by atoms with Crippen LogP contribution < -0.4 is 11.2 Å². The lowest BCUT2D eigenvalue weighted by atomic mass is 9.91. The lowest BCUT2D eigenvalue weighted by molar-refractivity contribution is 0.479. The van der Waals surface area contributed by atoms with Crippen molar-refractivity contribution in [3.63, 3.8) is 0 Å². The summed E-state index contributed by atoms with van der Waals surface area (Å²) in [6, 6.07) is 4.94. The molecular weight excluding hydrogens is 201 g/mol. The zero-order valence-electron chi connectivity index (χ0n) is 9.06. The number of phenols is 1. The van der Waals surface area contributed by atoms with Crippen molar-refractivity contribution in [2.45, 2.75) is 12.8 Å². The van der Waals surface area contributed by atoms with Crippen molar-refractivity contribution in [2.24, 2.45) is 15.9 Å². The van der Waals surface area contributed by atoms with Gasteiger partial charge in [0, 0.05) is 6.72 Å². The minimum Gasteiger partial charge on any atom is -0.509 e. The van der Waals surface area contributed by atoms with Crippen molar-refractivity contribution >= 4 is 25.7 Å². The zero-order valence-corrected chi connectivity index (χ0v) is 9.06. The van der Waals surface area contributed by atoms with Gasteiger partial charge in [0.1, 0.15) is 13.6 Å². The van der Waals surface area contributed by atoms with Crippen LogP contribution in [0.1, 0.15) is 18.4 Å². The number of nitrogens with two attached hydrogens (primary N) is 1. The van der Waals surface area contributed by atoms with E-state index in [0.717, 1.165) is 17.7 Å². The number of hydrogen-bond acceptors (Lipinski definition) is 4. The van der Waals surface area contributed by atoms with Crippen LogP contribution in [0, 0.1) is 0 Å². The molecule has 0 saturated heterocycles. The standard InChI is InChI=1S/C11H14BN3O/c1-14-15-10(3-2-6-13)8-4-5-11(16)9(12)7-8/h4-5,7,16H,1-3,6,13H2/b15-10+. The smallest absolute Gasteiger partial charge is 0.119 e. The highest BCUT2D eigenvalue weighted by Gasteiger charge is 2.05. The Kier molecular flexibility index (Phi) is 4.73. The average Bonchev–Trinajstić information content (AvgIpc) is 2.28. The van der Waals surface area contributed by atoms with E-state index in [4.69, 9.17) is 13.6 Å². The molecule has 3 N–H and O–H groups in total. The van der Waals surface area contributed by atoms with E-state index in [1.807, 2.05) is 0 Å². The van der Waals surface area contributed by atoms with E-state index in [9.17, 15) is 5.11 Å². The van der Waals surface area contributed by atoms with Crippen molar-refractivity contribution in [3.05, 3.63) is 23.8 Å². The molecular formula is C11H14BN3O. The molecule has 5 heteroatoms. The maximum Gasteiger partial charge on any atom is 0.119 e. The predicted molar refractivity (Wildman–Crippen MR) is 67.9 cm³/mol. The van der Waals surface area contributed by atoms with Crippen LogP contribution in [0.2, 0.25) is 0 Å². The molecule has 0 aliphatic carbocycles. The molecule has 1 rings (SSSR count). The van der Waals surface area contributed by atoms with Crippen LogP contribution in [-0.2, 0) is 0 Å². The SMILES string of the molecule is [B]c1cc(/C(CCCN)=N/N=C)ccc1O. The Morgan fingerprint density at radius 2 is 2.25 bits per heavy atom. The Bertz CT molecular complexity index is 404. The van der Waals surface area contributed by atoms with E-state index in [-0.39, 0.29) is 5.75 Å². The van der Waals surface area contributed by atoms with Crippen LogP contribution in [0.3, 0.4) is 0 Å². The van der Waals surface area contributed by atoms with Crippen molar-refractivity contribution < 1.29 is 5.11 Å². The van der Waals surface area contributed by atoms with E-state index in [1.165, 1.54) is 6.07 Å². The molecule has 0 saturated carbocycles. The van der Waals surface area contributed by atoms with Crippen LogP contribution in [-0.4, -0.2) is 31.9 Å². The third-order valence-corrected chi connectivity index (χ3v) is 2.17. The fourth-order valence-electron chi connectivity index (χ4n) is 1.34. The number of hydrogen-bond donors (Lipinski definition) is 2. The Hall–Kier alpha value is -1.62. The summed E-state index contributed by atoms with van der Waals surface area (Å²) < 4.78 is 0. The lowest BCUT2D eigenvalue weighted by Gasteiger charge is -2.06. The summed E-state index contributed by atoms with van der Waals surface area (Å²) in [4.78, 5) is 0. The van der Waals surface area contributed by atoms with Gasteiger partial charge in [-0.2, -0.15) is 10.2 Å². The highest BCUT2D eigenvalue weighted by Crippen LogP contribution is 2.10. The van der Waals surface area contributed by atoms with Crippen molar-refractivity contribution in [1.29, 1.82) is 0 Å². The fraction of sp³-hybridized carbons (Fsp3) is 0.273. The third kappa shape index (κ3) is 3.20. The van der Waals surface area contributed by atoms with Gasteiger partial charge in [-0.3, -0.25) is 0 Å². The second-order valence-electron chi connectivity index (χ2n) is 3.35. The largest absolute Gasteiger partial charge is 0.509 e. The second kappa shape index (κ2) is 6.07. The molecule has 0 fully saturated rings. The first-order valence-corrected chi connectivity index (χ1v) is 5.00. The minimum absolute atomic E-state index is 0.0634. The highest BCUT2D eigenvalue weighted by molar-refractivity contribution is 6.34. The maximum absolute atomic E-state index is 9.31. The van der Waals surface area contributed by atoms with E-state index in [2.05, 4.69) is 16.9 Å². The Morgan fingerprint density at radius 1 is 1.50 bits per heavy atom. The molecule has 0 amide bonds. The number of benzene rings is 1. The topological polar surface area (TPSA) is 71.0 Å². The molecule has 1 aromatic carbocycles. The molecule has 82 valence electrons. The van der Waals surface area contributed by atoms with Gasteiger partial charge in [0.15, 0.2) is 0 Å². The Balaban J connectivity index is 2.97. The first kappa shape index (κ1) is 12.5. The maximum atomic E-state index is 9.31. The van der Waals surface area contributed by atoms with Crippen molar-refractivity contribution in [2.75, 3.05) is 6.54 Å². The molecule has 2 radical (unpaired) electrons. The highest BCUT2D eigenvalue weighted by atomic mass is 16.3. The summed E-state index contributed by atoms with van der Waals surface area (Å²) in [5, 5.41) is 16.8. The van der Waals surface area contributed by atoms with E-state index in [0.29, 0.717) is 18.4 Å². The Labute approximate surface area is 96.3 Å². The van der Waals surface area contributed by atoms with E-state index >= 15 is 0 Å². The van der Waals surface area contributed by atoms with Gasteiger partial charge in [-0.15, -0.1) is 0 Å². The monoisotopic (exact) mass is 215 g/mol. The van der Waals surface area contributed by atoms with E-state index < -0.39 is 0 Å². The van der Waals surface area contributed by atoms with Crippen LogP contribution in [0.25, 0.3) is 0 Å². The molecule has 0 aliphatic rings. The summed E-state index contributed by atoms with van der Waals surface area (Å²) >= 11 is 0. The molecule has 0 spiro atoms. The Morgan fingerprint density at radius 3 is 2.81 bits per heavy atom. The first-order valence-electron chi connectivity index (χ1n) is 5.00. The van der Waals surface area contributed by atoms with Gasteiger partial charge in [0.25, 0.3) is 0 Å². The molecule has 0 atom stereocenters. The summed E-state index contributed by atoms with van der Waals surface area (Å²) in [7, 11) is 5.61. The van der Waals surface area contributed by atoms with Crippen LogP contribution in [0.5, 0.6) is 5.75 Å². The third-order valence-electron chi connectivity index (χ3n) is 2.17. The number of rotatable bonds is 5. The zero-order chi connectivity index (χ0) is 12.0. The summed E-state index contributed by atoms with van der Waals surface area (Å²) in [5.74, 6) is 0.0634. The fourth-order valence-corrected chi connectivity index (χ4v) is 1.34. The molecule has 4 nitrogen and oxygen atoms in total. The van der Waals surface area contributed by atoms with E-state index in [1.54, 1.807) is 12.1 Å².